The standard InChI is InChI=1S/C23H17Cl2NO6/c1-31-22-16(24)9-13(10-17(22)25)20(28)18-19(12-4-6-14(27)7-5-12)26(23(30)21(18)29)11-15-3-2-8-32-15/h2-10,19,27-28H,11H2,1H3/b20-18+. The third kappa shape index (κ3) is 3.81. The normalized spacial score (nSPS) is 17.7. The Hall–Kier alpha value is -3.42. The first-order valence-corrected chi connectivity index (χ1v) is 10.2. The molecule has 2 N–H and O–H groups in total. The van der Waals surface area contributed by atoms with Crippen LogP contribution in [0.4, 0.5) is 0 Å². The van der Waals surface area contributed by atoms with Crippen LogP contribution in [-0.4, -0.2) is 33.9 Å². The summed E-state index contributed by atoms with van der Waals surface area (Å²) in [5, 5.41) is 21.0. The topological polar surface area (TPSA) is 100 Å². The molecule has 0 saturated carbocycles. The molecule has 32 heavy (non-hydrogen) atoms. The number of ketones is 1. The number of furan rings is 1. The lowest BCUT2D eigenvalue weighted by Crippen LogP contribution is -2.29. The molecular formula is C23H17Cl2NO6. The molecule has 3 aromatic rings. The van der Waals surface area contributed by atoms with E-state index < -0.39 is 23.5 Å². The minimum absolute atomic E-state index is 0.00399. The second kappa shape index (κ2) is 8.61. The van der Waals surface area contributed by atoms with Crippen molar-refractivity contribution < 1.29 is 29.0 Å². The van der Waals surface area contributed by atoms with Gasteiger partial charge in [-0.3, -0.25) is 9.59 Å². The summed E-state index contributed by atoms with van der Waals surface area (Å²) < 4.78 is 10.5. The number of ether oxygens (including phenoxy) is 1. The third-order valence-corrected chi connectivity index (χ3v) is 5.69. The molecule has 7 nitrogen and oxygen atoms in total. The van der Waals surface area contributed by atoms with E-state index in [-0.39, 0.29) is 39.2 Å². The minimum Gasteiger partial charge on any atom is -0.508 e. The molecule has 164 valence electrons. The fourth-order valence-electron chi connectivity index (χ4n) is 3.66. The molecule has 0 spiro atoms. The lowest BCUT2D eigenvalue weighted by Gasteiger charge is -2.24. The average Bonchev–Trinajstić information content (AvgIpc) is 3.36. The smallest absolute Gasteiger partial charge is 0.296 e. The third-order valence-electron chi connectivity index (χ3n) is 5.13. The number of aliphatic hydroxyl groups is 1. The van der Waals surface area contributed by atoms with Gasteiger partial charge in [-0.25, -0.2) is 0 Å². The lowest BCUT2D eigenvalue weighted by molar-refractivity contribution is -0.140. The predicted octanol–water partition coefficient (Wildman–Crippen LogP) is 4.92. The second-order valence-electron chi connectivity index (χ2n) is 7.07. The van der Waals surface area contributed by atoms with Gasteiger partial charge in [-0.1, -0.05) is 35.3 Å². The van der Waals surface area contributed by atoms with Crippen molar-refractivity contribution in [1.82, 2.24) is 4.90 Å². The highest BCUT2D eigenvalue weighted by Crippen LogP contribution is 2.42. The molecule has 1 amide bonds. The number of amides is 1. The SMILES string of the molecule is COc1c(Cl)cc(/C(O)=C2\C(=O)C(=O)N(Cc3ccco3)C2c2ccc(O)cc2)cc1Cl. The molecule has 9 heteroatoms. The number of phenolic OH excluding ortho intramolecular Hbond substituents is 1. The molecule has 2 heterocycles. The van der Waals surface area contributed by atoms with Gasteiger partial charge in [-0.2, -0.15) is 0 Å². The Bertz CT molecular complexity index is 1190. The molecule has 0 aliphatic carbocycles. The molecule has 0 bridgehead atoms. The van der Waals surface area contributed by atoms with Crippen LogP contribution in [0.5, 0.6) is 11.5 Å². The maximum Gasteiger partial charge on any atom is 0.296 e. The number of carbonyl (C=O) groups is 2. The van der Waals surface area contributed by atoms with Gasteiger partial charge >= 0.3 is 0 Å². The van der Waals surface area contributed by atoms with Crippen LogP contribution in [0.3, 0.4) is 0 Å². The Labute approximate surface area is 193 Å². The van der Waals surface area contributed by atoms with Gasteiger partial charge in [0.25, 0.3) is 11.7 Å². The number of aliphatic hydroxyl groups excluding tert-OH is 1. The number of rotatable bonds is 5. The number of carbonyl (C=O) groups excluding carboxylic acids is 2. The maximum atomic E-state index is 13.0. The zero-order valence-electron chi connectivity index (χ0n) is 16.7. The molecule has 0 radical (unpaired) electrons. The second-order valence-corrected chi connectivity index (χ2v) is 7.89. The van der Waals surface area contributed by atoms with Gasteiger partial charge in [0.05, 0.1) is 41.6 Å². The van der Waals surface area contributed by atoms with E-state index in [1.807, 2.05) is 0 Å². The monoisotopic (exact) mass is 473 g/mol. The van der Waals surface area contributed by atoms with E-state index in [2.05, 4.69) is 0 Å². The Morgan fingerprint density at radius 2 is 1.78 bits per heavy atom. The van der Waals surface area contributed by atoms with E-state index in [0.717, 1.165) is 0 Å². The van der Waals surface area contributed by atoms with Crippen molar-refractivity contribution in [2.45, 2.75) is 12.6 Å². The number of aromatic hydroxyl groups is 1. The molecule has 1 aliphatic rings. The summed E-state index contributed by atoms with van der Waals surface area (Å²) in [7, 11) is 1.40. The van der Waals surface area contributed by atoms with Crippen LogP contribution in [-0.2, 0) is 16.1 Å². The highest BCUT2D eigenvalue weighted by atomic mass is 35.5. The number of hydrogen-bond acceptors (Lipinski definition) is 6. The zero-order chi connectivity index (χ0) is 23.0. The van der Waals surface area contributed by atoms with Crippen LogP contribution in [0.1, 0.15) is 22.9 Å². The summed E-state index contributed by atoms with van der Waals surface area (Å²) in [6, 6.07) is 11.2. The lowest BCUT2D eigenvalue weighted by atomic mass is 9.95. The van der Waals surface area contributed by atoms with Gasteiger partial charge in [0.2, 0.25) is 0 Å². The molecule has 1 aliphatic heterocycles. The van der Waals surface area contributed by atoms with Gasteiger partial charge < -0.3 is 24.3 Å². The first-order valence-electron chi connectivity index (χ1n) is 9.45. The highest BCUT2D eigenvalue weighted by Gasteiger charge is 2.46. The largest absolute Gasteiger partial charge is 0.508 e. The van der Waals surface area contributed by atoms with E-state index in [1.165, 1.54) is 42.5 Å². The summed E-state index contributed by atoms with van der Waals surface area (Å²) >= 11 is 12.4. The van der Waals surface area contributed by atoms with Crippen molar-refractivity contribution in [3.05, 3.63) is 87.3 Å². The zero-order valence-corrected chi connectivity index (χ0v) is 18.2. The van der Waals surface area contributed by atoms with Crippen LogP contribution in [0.15, 0.2) is 64.8 Å². The highest BCUT2D eigenvalue weighted by molar-refractivity contribution is 6.46. The van der Waals surface area contributed by atoms with Crippen LogP contribution >= 0.6 is 23.2 Å². The molecule has 4 rings (SSSR count). The van der Waals surface area contributed by atoms with E-state index in [9.17, 15) is 19.8 Å². The summed E-state index contributed by atoms with van der Waals surface area (Å²) in [5.41, 5.74) is 0.533. The van der Waals surface area contributed by atoms with Crippen LogP contribution in [0.2, 0.25) is 10.0 Å². The molecule has 1 fully saturated rings. The van der Waals surface area contributed by atoms with E-state index in [1.54, 1.807) is 24.3 Å². The Morgan fingerprint density at radius 1 is 1.12 bits per heavy atom. The number of likely N-dealkylation sites (tertiary alicyclic amines) is 1. The van der Waals surface area contributed by atoms with Crippen molar-refractivity contribution in [2.24, 2.45) is 0 Å². The van der Waals surface area contributed by atoms with Gasteiger partial charge in [-0.05, 0) is 42.0 Å². The Kier molecular flexibility index (Phi) is 5.86. The van der Waals surface area contributed by atoms with Gasteiger partial charge in [0.1, 0.15) is 17.3 Å². The van der Waals surface area contributed by atoms with Crippen molar-refractivity contribution in [3.8, 4) is 11.5 Å². The maximum absolute atomic E-state index is 13.0. The molecule has 1 atom stereocenters. The van der Waals surface area contributed by atoms with E-state index in [0.29, 0.717) is 11.3 Å². The average molecular weight is 474 g/mol. The molecule has 1 unspecified atom stereocenters. The molecular weight excluding hydrogens is 457 g/mol. The fraction of sp³-hybridized carbons (Fsp3) is 0.130. The number of nitrogens with zero attached hydrogens (tertiary/aromatic N) is 1. The summed E-state index contributed by atoms with van der Waals surface area (Å²) in [5.74, 6) is -1.40. The van der Waals surface area contributed by atoms with Gasteiger partial charge in [0, 0.05) is 5.56 Å². The summed E-state index contributed by atoms with van der Waals surface area (Å²) in [6.07, 6.45) is 1.46. The number of methoxy groups -OCH3 is 1. The van der Waals surface area contributed by atoms with Crippen molar-refractivity contribution in [1.29, 1.82) is 0 Å². The van der Waals surface area contributed by atoms with Crippen LogP contribution in [0, 0.1) is 0 Å². The van der Waals surface area contributed by atoms with Crippen molar-refractivity contribution in [3.63, 3.8) is 0 Å². The first-order chi connectivity index (χ1) is 15.3. The summed E-state index contributed by atoms with van der Waals surface area (Å²) in [6.45, 7) is 0.00399. The fourth-order valence-corrected chi connectivity index (χ4v) is 4.31. The molecule has 1 saturated heterocycles. The van der Waals surface area contributed by atoms with Gasteiger partial charge in [-0.15, -0.1) is 0 Å². The van der Waals surface area contributed by atoms with Crippen LogP contribution in [0.25, 0.3) is 5.76 Å². The number of halogens is 2. The predicted molar refractivity (Wildman–Crippen MR) is 118 cm³/mol. The van der Waals surface area contributed by atoms with E-state index in [4.69, 9.17) is 32.4 Å². The first kappa shape index (κ1) is 21.8. The van der Waals surface area contributed by atoms with Gasteiger partial charge in [0.15, 0.2) is 5.75 Å². The number of hydrogen-bond donors (Lipinski definition) is 2. The number of phenols is 1. The quantitative estimate of drug-likeness (QED) is 0.309. The molecule has 2 aromatic carbocycles. The number of Topliss-reactive ketones (excluding diaryl/α,β-unsaturated/α-hetero) is 1. The van der Waals surface area contributed by atoms with E-state index >= 15 is 0 Å². The Balaban J connectivity index is 1.89. The van der Waals surface area contributed by atoms with Crippen LogP contribution < -0.4 is 4.74 Å². The Morgan fingerprint density at radius 3 is 2.34 bits per heavy atom. The minimum atomic E-state index is -0.930. The van der Waals surface area contributed by atoms with Crippen molar-refractivity contribution in [2.75, 3.05) is 7.11 Å². The molecule has 1 aromatic heterocycles. The van der Waals surface area contributed by atoms with Crippen molar-refractivity contribution >= 4 is 40.7 Å². The number of benzene rings is 2. The summed E-state index contributed by atoms with van der Waals surface area (Å²) in [4.78, 5) is 27.3.